The first-order chi connectivity index (χ1) is 18.1. The van der Waals surface area contributed by atoms with Crippen LogP contribution in [0.25, 0.3) is 10.9 Å². The van der Waals surface area contributed by atoms with Crippen LogP contribution in [0.1, 0.15) is 15.9 Å². The number of nitrogens with one attached hydrogen (secondary N) is 2. The highest BCUT2D eigenvalue weighted by atomic mass is 32.2. The number of rotatable bonds is 9. The molecule has 1 heterocycles. The Morgan fingerprint density at radius 2 is 1.82 bits per heavy atom. The van der Waals surface area contributed by atoms with Gasteiger partial charge in [-0.2, -0.15) is 21.6 Å². The summed E-state index contributed by atoms with van der Waals surface area (Å²) >= 11 is 4.36. The second-order valence-electron chi connectivity index (χ2n) is 7.45. The standard InChI is InChI=1S/C22H21F3N2O3.C2H4N2O2S2/c23-22(24,25)15-29-11-12-30-19-7-5-16(6-8-19)9-10-26-21(28)18-13-17-3-1-2-4-20(17)27-14-18;1-3-2(7)4-8(5)6/h1-8,13-14H,9-12,15H2,(H,26,28);1H3,(H,3,7). The minimum absolute atomic E-state index is 0.0293. The largest absolute Gasteiger partial charge is 0.491 e. The van der Waals surface area contributed by atoms with E-state index in [1.807, 2.05) is 42.5 Å². The number of hydrogen-bond donors (Lipinski definition) is 2. The molecule has 0 aliphatic heterocycles. The van der Waals surface area contributed by atoms with Gasteiger partial charge in [0.2, 0.25) is 5.11 Å². The normalized spacial score (nSPS) is 10.6. The molecule has 2 aromatic carbocycles. The molecule has 0 fully saturated rings. The number of halogens is 3. The quantitative estimate of drug-likeness (QED) is 0.295. The van der Waals surface area contributed by atoms with Crippen molar-refractivity contribution in [2.24, 2.45) is 4.36 Å². The van der Waals surface area contributed by atoms with Crippen molar-refractivity contribution in [2.75, 3.05) is 33.4 Å². The minimum Gasteiger partial charge on any atom is -0.491 e. The lowest BCUT2D eigenvalue weighted by Gasteiger charge is -2.10. The van der Waals surface area contributed by atoms with Crippen LogP contribution in [0.5, 0.6) is 5.75 Å². The van der Waals surface area contributed by atoms with Gasteiger partial charge in [0.25, 0.3) is 5.91 Å². The highest BCUT2D eigenvalue weighted by Gasteiger charge is 2.27. The van der Waals surface area contributed by atoms with Crippen molar-refractivity contribution in [3.63, 3.8) is 0 Å². The van der Waals surface area contributed by atoms with Gasteiger partial charge in [0.1, 0.15) is 19.0 Å². The third-order valence-corrected chi connectivity index (χ3v) is 5.35. The molecule has 2 N–H and O–H groups in total. The van der Waals surface area contributed by atoms with Crippen LogP contribution in [-0.4, -0.2) is 64.0 Å². The van der Waals surface area contributed by atoms with E-state index in [9.17, 15) is 26.4 Å². The van der Waals surface area contributed by atoms with Crippen LogP contribution in [0.3, 0.4) is 0 Å². The molecular formula is C24H25F3N4O5S2. The highest BCUT2D eigenvalue weighted by molar-refractivity contribution is 7.81. The van der Waals surface area contributed by atoms with Gasteiger partial charge in [0.05, 0.1) is 17.7 Å². The summed E-state index contributed by atoms with van der Waals surface area (Å²) in [7, 11) is -0.926. The van der Waals surface area contributed by atoms with E-state index in [1.54, 1.807) is 18.3 Å². The number of aromatic nitrogens is 1. The average molecular weight is 571 g/mol. The molecule has 0 aliphatic carbocycles. The van der Waals surface area contributed by atoms with Crippen LogP contribution < -0.4 is 15.4 Å². The van der Waals surface area contributed by atoms with E-state index in [1.165, 1.54) is 7.05 Å². The minimum atomic E-state index is -4.33. The molecule has 1 amide bonds. The number of hydrogen-bond acceptors (Lipinski definition) is 7. The summed E-state index contributed by atoms with van der Waals surface area (Å²) in [6, 6.07) is 16.5. The number of carbonyl (C=O) groups excluding carboxylic acids is 1. The summed E-state index contributed by atoms with van der Waals surface area (Å²) in [6.07, 6.45) is -2.15. The number of alkyl halides is 3. The van der Waals surface area contributed by atoms with Crippen LogP contribution in [0.2, 0.25) is 0 Å². The number of para-hydroxylation sites is 1. The van der Waals surface area contributed by atoms with Gasteiger partial charge in [-0.05, 0) is 48.5 Å². The van der Waals surface area contributed by atoms with Gasteiger partial charge >= 0.3 is 16.7 Å². The third-order valence-electron chi connectivity index (χ3n) is 4.61. The van der Waals surface area contributed by atoms with E-state index in [4.69, 9.17) is 4.74 Å². The first-order valence-electron chi connectivity index (χ1n) is 11.1. The van der Waals surface area contributed by atoms with Gasteiger partial charge in [-0.3, -0.25) is 9.78 Å². The van der Waals surface area contributed by atoms with Gasteiger partial charge < -0.3 is 20.1 Å². The topological polar surface area (TPSA) is 119 Å². The fourth-order valence-corrected chi connectivity index (χ4v) is 3.30. The molecule has 0 bridgehead atoms. The Labute approximate surface area is 224 Å². The predicted octanol–water partition coefficient (Wildman–Crippen LogP) is 3.72. The Hall–Kier alpha value is -3.62. The van der Waals surface area contributed by atoms with Crippen molar-refractivity contribution in [1.29, 1.82) is 0 Å². The van der Waals surface area contributed by atoms with Crippen LogP contribution >= 0.6 is 12.2 Å². The maximum Gasteiger partial charge on any atom is 0.411 e. The van der Waals surface area contributed by atoms with Crippen molar-refractivity contribution in [2.45, 2.75) is 12.6 Å². The first-order valence-corrected chi connectivity index (χ1v) is 12.5. The molecule has 3 rings (SSSR count). The highest BCUT2D eigenvalue weighted by Crippen LogP contribution is 2.15. The van der Waals surface area contributed by atoms with Gasteiger partial charge in [-0.1, -0.05) is 30.3 Å². The molecule has 0 atom stereocenters. The van der Waals surface area contributed by atoms with E-state index in [0.29, 0.717) is 24.3 Å². The number of carbonyl (C=O) groups is 1. The van der Waals surface area contributed by atoms with Crippen molar-refractivity contribution >= 4 is 44.6 Å². The summed E-state index contributed by atoms with van der Waals surface area (Å²) in [5.74, 6) is 0.354. The zero-order chi connectivity index (χ0) is 28.0. The molecule has 1 aromatic heterocycles. The summed E-state index contributed by atoms with van der Waals surface area (Å²) < 4.78 is 68.0. The summed E-state index contributed by atoms with van der Waals surface area (Å²) in [5, 5.41) is 6.11. The van der Waals surface area contributed by atoms with E-state index in [0.717, 1.165) is 16.5 Å². The average Bonchev–Trinajstić information content (AvgIpc) is 2.88. The Morgan fingerprint density at radius 3 is 2.45 bits per heavy atom. The SMILES string of the molecule is CNC(=S)N=S(=O)=O.O=C(NCCc1ccc(OCCOCC(F)(F)F)cc1)c1cnc2ccccc2c1. The molecule has 38 heavy (non-hydrogen) atoms. The predicted molar refractivity (Wildman–Crippen MR) is 140 cm³/mol. The van der Waals surface area contributed by atoms with Crippen molar-refractivity contribution in [3.8, 4) is 5.75 Å². The van der Waals surface area contributed by atoms with E-state index < -0.39 is 23.3 Å². The molecule has 0 aliphatic rings. The number of ether oxygens (including phenoxy) is 2. The fraction of sp³-hybridized carbons (Fsp3) is 0.292. The van der Waals surface area contributed by atoms with E-state index >= 15 is 0 Å². The summed E-state index contributed by atoms with van der Waals surface area (Å²) in [5.41, 5.74) is 2.33. The van der Waals surface area contributed by atoms with Gasteiger partial charge in [-0.25, -0.2) is 0 Å². The number of fused-ring (bicyclic) bond motifs is 1. The number of benzene rings is 2. The number of pyridine rings is 1. The lowest BCUT2D eigenvalue weighted by Crippen LogP contribution is -2.25. The Kier molecular flexibility index (Phi) is 12.6. The van der Waals surface area contributed by atoms with Crippen LogP contribution in [0, 0.1) is 0 Å². The first kappa shape index (κ1) is 30.6. The summed E-state index contributed by atoms with van der Waals surface area (Å²) in [4.78, 5) is 16.6. The van der Waals surface area contributed by atoms with Crippen LogP contribution in [0.4, 0.5) is 13.2 Å². The lowest BCUT2D eigenvalue weighted by molar-refractivity contribution is -0.175. The molecule has 0 unspecified atom stereocenters. The number of amides is 1. The number of nitrogens with zero attached hydrogens (tertiary/aromatic N) is 2. The van der Waals surface area contributed by atoms with Gasteiger partial charge in [0.15, 0.2) is 0 Å². The third kappa shape index (κ3) is 12.1. The summed E-state index contributed by atoms with van der Waals surface area (Å²) in [6.45, 7) is -0.935. The fourth-order valence-electron chi connectivity index (χ4n) is 2.89. The molecule has 14 heteroatoms. The molecule has 0 saturated carbocycles. The molecular weight excluding hydrogens is 545 g/mol. The molecule has 204 valence electrons. The van der Waals surface area contributed by atoms with Gasteiger partial charge in [0, 0.05) is 25.2 Å². The van der Waals surface area contributed by atoms with Crippen LogP contribution in [-0.2, 0) is 21.7 Å². The smallest absolute Gasteiger partial charge is 0.411 e. The number of thiocarbonyl (C=S) groups is 1. The van der Waals surface area contributed by atoms with Gasteiger partial charge in [-0.15, -0.1) is 4.36 Å². The maximum absolute atomic E-state index is 12.3. The van der Waals surface area contributed by atoms with Crippen molar-refractivity contribution in [1.82, 2.24) is 15.6 Å². The van der Waals surface area contributed by atoms with Crippen molar-refractivity contribution in [3.05, 3.63) is 71.9 Å². The molecule has 0 saturated heterocycles. The van der Waals surface area contributed by atoms with E-state index in [2.05, 4.69) is 36.9 Å². The molecule has 0 radical (unpaired) electrons. The molecule has 9 nitrogen and oxygen atoms in total. The maximum atomic E-state index is 12.3. The zero-order valence-electron chi connectivity index (χ0n) is 20.2. The Balaban J connectivity index is 0.000000550. The van der Waals surface area contributed by atoms with Crippen molar-refractivity contribution < 1.29 is 35.9 Å². The monoisotopic (exact) mass is 570 g/mol. The second kappa shape index (κ2) is 15.6. The zero-order valence-corrected chi connectivity index (χ0v) is 21.8. The molecule has 3 aromatic rings. The Bertz CT molecular complexity index is 1340. The van der Waals surface area contributed by atoms with E-state index in [-0.39, 0.29) is 24.2 Å². The van der Waals surface area contributed by atoms with Crippen LogP contribution in [0.15, 0.2) is 65.2 Å². The Morgan fingerprint density at radius 1 is 1.11 bits per heavy atom. The molecule has 0 spiro atoms. The second-order valence-corrected chi connectivity index (χ2v) is 8.45. The lowest BCUT2D eigenvalue weighted by atomic mass is 10.1.